The maximum Gasteiger partial charge on any atom is 0.0228 e. The van der Waals surface area contributed by atoms with Crippen molar-refractivity contribution in [2.45, 2.75) is 50.8 Å². The molecule has 0 amide bonds. The summed E-state index contributed by atoms with van der Waals surface area (Å²) < 4.78 is 3.60. The van der Waals surface area contributed by atoms with Crippen molar-refractivity contribution < 1.29 is 0 Å². The minimum Gasteiger partial charge on any atom is -0.260 e. The van der Waals surface area contributed by atoms with Gasteiger partial charge in [0.15, 0.2) is 0 Å². The topological polar surface area (TPSA) is 12.0 Å². The van der Waals surface area contributed by atoms with Crippen LogP contribution in [-0.2, 0) is 6.42 Å². The van der Waals surface area contributed by atoms with Gasteiger partial charge in [0.25, 0.3) is 0 Å². The van der Waals surface area contributed by atoms with Crippen molar-refractivity contribution in [2.75, 3.05) is 6.54 Å². The molecule has 3 aliphatic carbocycles. The summed E-state index contributed by atoms with van der Waals surface area (Å²) in [5, 5.41) is 0. The third kappa shape index (κ3) is 3.23. The zero-order valence-corrected chi connectivity index (χ0v) is 13.6. The van der Waals surface area contributed by atoms with E-state index in [0.717, 1.165) is 23.7 Å². The van der Waals surface area contributed by atoms with Crippen LogP contribution in [0.3, 0.4) is 0 Å². The molecule has 110 valence electrons. The molecule has 0 aliphatic heterocycles. The van der Waals surface area contributed by atoms with E-state index in [-0.39, 0.29) is 0 Å². The highest BCUT2D eigenvalue weighted by atomic mass is 32.2. The molecular weight excluding hydrogens is 262 g/mol. The number of hydrogen-bond acceptors (Lipinski definition) is 2. The van der Waals surface area contributed by atoms with E-state index in [1.807, 2.05) is 11.9 Å². The molecule has 2 heteroatoms. The van der Waals surface area contributed by atoms with Crippen molar-refractivity contribution >= 4 is 11.9 Å². The largest absolute Gasteiger partial charge is 0.260 e. The molecule has 1 nitrogen and oxygen atoms in total. The van der Waals surface area contributed by atoms with Crippen LogP contribution < -0.4 is 4.72 Å². The zero-order chi connectivity index (χ0) is 13.9. The minimum atomic E-state index is 0.918. The van der Waals surface area contributed by atoms with Gasteiger partial charge in [-0.15, -0.1) is 0 Å². The average molecular weight is 289 g/mol. The van der Waals surface area contributed by atoms with Crippen molar-refractivity contribution in [2.24, 2.45) is 23.7 Å². The van der Waals surface area contributed by atoms with E-state index in [2.05, 4.69) is 42.8 Å². The molecule has 3 fully saturated rings. The molecular formula is C18H27NS. The third-order valence-electron chi connectivity index (χ3n) is 5.39. The lowest BCUT2D eigenvalue weighted by atomic mass is 9.55. The van der Waals surface area contributed by atoms with Crippen LogP contribution in [-0.4, -0.2) is 6.54 Å². The molecule has 3 saturated carbocycles. The van der Waals surface area contributed by atoms with Crippen molar-refractivity contribution in [1.82, 2.24) is 4.72 Å². The Morgan fingerprint density at radius 3 is 2.40 bits per heavy atom. The van der Waals surface area contributed by atoms with Crippen LogP contribution in [0, 0.1) is 23.7 Å². The maximum atomic E-state index is 3.60. The Balaban J connectivity index is 1.39. The second-order valence-corrected chi connectivity index (χ2v) is 7.76. The highest BCUT2D eigenvalue weighted by molar-refractivity contribution is 7.97. The molecule has 20 heavy (non-hydrogen) atoms. The van der Waals surface area contributed by atoms with E-state index >= 15 is 0 Å². The Labute approximate surface area is 128 Å². The number of nitrogens with one attached hydrogen (secondary N) is 1. The van der Waals surface area contributed by atoms with Crippen molar-refractivity contribution in [3.05, 3.63) is 29.8 Å². The first-order chi connectivity index (χ1) is 9.76. The third-order valence-corrected chi connectivity index (χ3v) is 6.21. The highest BCUT2D eigenvalue weighted by Crippen LogP contribution is 2.52. The van der Waals surface area contributed by atoms with Gasteiger partial charge in [0.2, 0.25) is 0 Å². The van der Waals surface area contributed by atoms with E-state index in [9.17, 15) is 0 Å². The van der Waals surface area contributed by atoms with Gasteiger partial charge in [-0.3, -0.25) is 4.72 Å². The first-order valence-electron chi connectivity index (χ1n) is 8.25. The second kappa shape index (κ2) is 6.53. The Morgan fingerprint density at radius 1 is 1.10 bits per heavy atom. The first kappa shape index (κ1) is 14.5. The summed E-state index contributed by atoms with van der Waals surface area (Å²) in [7, 11) is 0. The lowest BCUT2D eigenvalue weighted by Gasteiger charge is -2.51. The summed E-state index contributed by atoms with van der Waals surface area (Å²) >= 11 is 1.81. The fraction of sp³-hybridized carbons (Fsp3) is 0.667. The van der Waals surface area contributed by atoms with Gasteiger partial charge in [0.05, 0.1) is 0 Å². The molecule has 1 aromatic carbocycles. The first-order valence-corrected chi connectivity index (χ1v) is 9.06. The number of fused-ring (bicyclic) bond motifs is 2. The fourth-order valence-corrected chi connectivity index (χ4v) is 4.76. The monoisotopic (exact) mass is 289 g/mol. The lowest BCUT2D eigenvalue weighted by molar-refractivity contribution is -0.00507. The fourth-order valence-electron chi connectivity index (χ4n) is 4.00. The van der Waals surface area contributed by atoms with Crippen molar-refractivity contribution in [3.8, 4) is 0 Å². The van der Waals surface area contributed by atoms with Crippen LogP contribution >= 0.6 is 11.9 Å². The molecule has 1 N–H and O–H groups in total. The Hall–Kier alpha value is -0.470. The number of benzene rings is 1. The van der Waals surface area contributed by atoms with E-state index in [1.54, 1.807) is 0 Å². The molecule has 2 atom stereocenters. The van der Waals surface area contributed by atoms with Crippen LogP contribution in [0.1, 0.15) is 45.1 Å². The van der Waals surface area contributed by atoms with Crippen LogP contribution in [0.2, 0.25) is 0 Å². The van der Waals surface area contributed by atoms with Gasteiger partial charge in [0, 0.05) is 11.4 Å². The molecule has 0 heterocycles. The van der Waals surface area contributed by atoms with Crippen LogP contribution in [0.15, 0.2) is 29.2 Å². The van der Waals surface area contributed by atoms with Crippen LogP contribution in [0.5, 0.6) is 0 Å². The summed E-state index contributed by atoms with van der Waals surface area (Å²) in [4.78, 5) is 1.35. The van der Waals surface area contributed by atoms with Crippen LogP contribution in [0.25, 0.3) is 0 Å². The number of aryl methyl sites for hydroxylation is 1. The summed E-state index contributed by atoms with van der Waals surface area (Å²) in [6.45, 7) is 5.87. The van der Waals surface area contributed by atoms with Gasteiger partial charge in [-0.2, -0.15) is 0 Å². The predicted octanol–water partition coefficient (Wildman–Crippen LogP) is 4.92. The summed E-state index contributed by atoms with van der Waals surface area (Å²) in [6.07, 6.45) is 6.86. The Kier molecular flexibility index (Phi) is 4.72. The molecule has 3 aliphatic rings. The molecule has 2 bridgehead atoms. The molecule has 1 aromatic rings. The van der Waals surface area contributed by atoms with E-state index in [1.165, 1.54) is 49.1 Å². The predicted molar refractivity (Wildman–Crippen MR) is 87.8 cm³/mol. The molecule has 0 aromatic heterocycles. The van der Waals surface area contributed by atoms with Gasteiger partial charge in [-0.1, -0.05) is 32.4 Å². The zero-order valence-electron chi connectivity index (χ0n) is 12.8. The van der Waals surface area contributed by atoms with E-state index in [0.29, 0.717) is 0 Å². The normalized spacial score (nSPS) is 31.9. The van der Waals surface area contributed by atoms with E-state index in [4.69, 9.17) is 0 Å². The van der Waals surface area contributed by atoms with E-state index < -0.39 is 0 Å². The van der Waals surface area contributed by atoms with Gasteiger partial charge < -0.3 is 0 Å². The molecule has 0 spiro atoms. The number of hydrogen-bond donors (Lipinski definition) is 1. The van der Waals surface area contributed by atoms with Crippen molar-refractivity contribution in [1.29, 1.82) is 0 Å². The highest BCUT2D eigenvalue weighted by Gasteiger charge is 2.43. The summed E-state index contributed by atoms with van der Waals surface area (Å²) in [5.74, 6) is 4.02. The molecule has 2 unspecified atom stereocenters. The molecule has 0 saturated heterocycles. The summed E-state index contributed by atoms with van der Waals surface area (Å²) in [6, 6.07) is 9.04. The Bertz CT molecular complexity index is 416. The average Bonchev–Trinajstić information content (AvgIpc) is 2.49. The van der Waals surface area contributed by atoms with Gasteiger partial charge in [-0.05, 0) is 79.0 Å². The second-order valence-electron chi connectivity index (χ2n) is 6.80. The van der Waals surface area contributed by atoms with Gasteiger partial charge in [-0.25, -0.2) is 0 Å². The molecule has 4 rings (SSSR count). The SMILES string of the molecule is CCCc1ccc(SNCC2CC3CC(C2)C3C)cc1. The summed E-state index contributed by atoms with van der Waals surface area (Å²) in [5.41, 5.74) is 1.46. The van der Waals surface area contributed by atoms with Crippen LogP contribution in [0.4, 0.5) is 0 Å². The van der Waals surface area contributed by atoms with Crippen molar-refractivity contribution in [3.63, 3.8) is 0 Å². The number of rotatable bonds is 6. The van der Waals surface area contributed by atoms with Gasteiger partial charge >= 0.3 is 0 Å². The molecule has 0 radical (unpaired) electrons. The Morgan fingerprint density at radius 2 is 1.80 bits per heavy atom. The quantitative estimate of drug-likeness (QED) is 0.746. The standard InChI is InChI=1S/C18H27NS/c1-3-4-14-5-7-18(8-6-14)20-19-12-15-9-16-11-17(10-15)13(16)2/h5-8,13,15-17,19H,3-4,9-12H2,1-2H3. The smallest absolute Gasteiger partial charge is 0.0228 e. The maximum absolute atomic E-state index is 3.60. The lowest BCUT2D eigenvalue weighted by Crippen LogP contribution is -2.44. The minimum absolute atomic E-state index is 0.918. The van der Waals surface area contributed by atoms with Gasteiger partial charge in [0.1, 0.15) is 0 Å².